The molecule has 0 saturated heterocycles. The Morgan fingerprint density at radius 3 is 2.18 bits per heavy atom. The first-order chi connectivity index (χ1) is 27.6. The van der Waals surface area contributed by atoms with Crippen molar-refractivity contribution >= 4 is 73.0 Å². The minimum absolute atomic E-state index is 0.0153. The lowest BCUT2D eigenvalue weighted by molar-refractivity contribution is -0.134. The molecule has 0 fully saturated rings. The average molecular weight is 826 g/mol. The number of guanidine groups is 1. The second-order valence-electron chi connectivity index (χ2n) is 13.6. The van der Waals surface area contributed by atoms with Gasteiger partial charge in [0.15, 0.2) is 11.7 Å². The van der Waals surface area contributed by atoms with Gasteiger partial charge in [0.25, 0.3) is 5.91 Å². The minimum Gasteiger partial charge on any atom is -0.449 e. The van der Waals surface area contributed by atoms with E-state index < -0.39 is 18.0 Å². The fourth-order valence-electron chi connectivity index (χ4n) is 6.95. The molecule has 0 radical (unpaired) electrons. The summed E-state index contributed by atoms with van der Waals surface area (Å²) in [5, 5.41) is 10.8. The zero-order valence-electron chi connectivity index (χ0n) is 31.1. The van der Waals surface area contributed by atoms with Gasteiger partial charge in [-0.2, -0.15) is 0 Å². The molecule has 0 aromatic heterocycles. The van der Waals surface area contributed by atoms with Gasteiger partial charge < -0.3 is 31.1 Å². The van der Waals surface area contributed by atoms with Crippen LogP contribution in [-0.2, 0) is 20.9 Å². The van der Waals surface area contributed by atoms with E-state index in [0.717, 1.165) is 33.0 Å². The van der Waals surface area contributed by atoms with Crippen LogP contribution in [0.3, 0.4) is 0 Å². The highest BCUT2D eigenvalue weighted by molar-refractivity contribution is 7.15. The molecule has 1 aliphatic rings. The summed E-state index contributed by atoms with van der Waals surface area (Å²) in [6, 6.07) is 32.9. The second-order valence-corrected chi connectivity index (χ2v) is 14.8. The number of nitrogens with zero attached hydrogens (tertiary/aromatic N) is 2. The summed E-state index contributed by atoms with van der Waals surface area (Å²) in [7, 11) is 2.27. The van der Waals surface area contributed by atoms with Crippen molar-refractivity contribution in [3.05, 3.63) is 141 Å². The fraction of sp³-hybridized carbons (Fsp3) is 0.233. The van der Waals surface area contributed by atoms with Crippen molar-refractivity contribution in [3.63, 3.8) is 0 Å². The molecule has 1 aliphatic carbocycles. The molecule has 0 heterocycles. The highest BCUT2D eigenvalue weighted by atomic mass is 35.5. The lowest BCUT2D eigenvalue weighted by atomic mass is 9.98. The van der Waals surface area contributed by atoms with Gasteiger partial charge in [-0.3, -0.25) is 19.4 Å². The van der Waals surface area contributed by atoms with Gasteiger partial charge in [0, 0.05) is 47.6 Å². The van der Waals surface area contributed by atoms with E-state index in [-0.39, 0.29) is 69.2 Å². The number of amides is 3. The number of hydrogen-bond acceptors (Lipinski definition) is 6. The van der Waals surface area contributed by atoms with Gasteiger partial charge in [-0.1, -0.05) is 102 Å². The number of alkyl carbamates (subject to hydrolysis) is 1. The maximum Gasteiger partial charge on any atom is 0.407 e. The number of carbonyl (C=O) groups is 4. The number of halogens is 2. The monoisotopic (exact) mass is 824 g/mol. The molecule has 0 saturated carbocycles. The molecular formula is C43H43Cl2N6O5P. The average Bonchev–Trinajstić information content (AvgIpc) is 3.54. The number of nitrogens with one attached hydrogen (secondary N) is 3. The molecule has 6 rings (SSSR count). The highest BCUT2D eigenvalue weighted by Gasteiger charge is 2.31. The zero-order chi connectivity index (χ0) is 40.3. The van der Waals surface area contributed by atoms with Crippen LogP contribution in [0.25, 0.3) is 21.9 Å². The van der Waals surface area contributed by atoms with Crippen LogP contribution >= 0.6 is 32.6 Å². The molecule has 5 N–H and O–H groups in total. The smallest absolute Gasteiger partial charge is 0.407 e. The quantitative estimate of drug-likeness (QED) is 0.0354. The Morgan fingerprint density at radius 1 is 0.842 bits per heavy atom. The number of carbonyl (C=O) groups excluding carboxylic acids is 4. The van der Waals surface area contributed by atoms with Crippen molar-refractivity contribution in [3.8, 4) is 11.1 Å². The molecule has 3 amide bonds. The van der Waals surface area contributed by atoms with E-state index in [1.165, 1.54) is 4.90 Å². The van der Waals surface area contributed by atoms with Crippen molar-refractivity contribution in [2.45, 2.75) is 37.8 Å². The first-order valence-electron chi connectivity index (χ1n) is 18.5. The molecule has 57 heavy (non-hydrogen) atoms. The maximum absolute atomic E-state index is 14.4. The van der Waals surface area contributed by atoms with Gasteiger partial charge in [0.1, 0.15) is 12.6 Å². The zero-order valence-corrected chi connectivity index (χ0v) is 33.7. The van der Waals surface area contributed by atoms with Crippen molar-refractivity contribution in [2.75, 3.05) is 26.2 Å². The molecule has 2 unspecified atom stereocenters. The van der Waals surface area contributed by atoms with Gasteiger partial charge in [-0.05, 0) is 91.2 Å². The Balaban J connectivity index is 1.15. The summed E-state index contributed by atoms with van der Waals surface area (Å²) >= 11 is 12.6. The number of hydrogen-bond donors (Lipinski definition) is 4. The Labute approximate surface area is 343 Å². The second kappa shape index (κ2) is 19.6. The molecular weight excluding hydrogens is 782 g/mol. The van der Waals surface area contributed by atoms with Gasteiger partial charge >= 0.3 is 6.09 Å². The molecule has 294 valence electrons. The number of rotatable bonds is 16. The fourth-order valence-corrected chi connectivity index (χ4v) is 7.61. The highest BCUT2D eigenvalue weighted by Crippen LogP contribution is 2.44. The topological polar surface area (TPSA) is 155 Å². The molecule has 14 heteroatoms. The molecule has 5 aromatic carbocycles. The SMILES string of the molecule is NC(=NCCCC(NC(=O)OCC1c2ccccc2-c2ccccc21)C(=O)N(CCC(=O)CNC(=O)c1ccc2ccccc2c1)Cc1cc(Cl)cc(Cl)c1)NP. The van der Waals surface area contributed by atoms with Crippen molar-refractivity contribution in [2.24, 2.45) is 10.7 Å². The van der Waals surface area contributed by atoms with E-state index in [4.69, 9.17) is 33.7 Å². The molecule has 5 aromatic rings. The predicted molar refractivity (Wildman–Crippen MR) is 228 cm³/mol. The van der Waals surface area contributed by atoms with E-state index in [1.807, 2.05) is 66.7 Å². The van der Waals surface area contributed by atoms with E-state index in [0.29, 0.717) is 27.6 Å². The largest absolute Gasteiger partial charge is 0.449 e. The normalized spacial score (nSPS) is 12.6. The minimum atomic E-state index is -1.04. The number of ketones is 1. The summed E-state index contributed by atoms with van der Waals surface area (Å²) in [6.45, 7) is 0.134. The summed E-state index contributed by atoms with van der Waals surface area (Å²) in [6.07, 6.45) is -0.248. The Kier molecular flexibility index (Phi) is 14.1. The van der Waals surface area contributed by atoms with Gasteiger partial charge in [-0.25, -0.2) is 4.79 Å². The van der Waals surface area contributed by atoms with Crippen LogP contribution < -0.4 is 21.5 Å². The summed E-state index contributed by atoms with van der Waals surface area (Å²) in [5.74, 6) is -1.09. The number of aliphatic imine (C=N–C) groups is 1. The molecule has 2 atom stereocenters. The number of benzene rings is 5. The Bertz CT molecular complexity index is 2240. The van der Waals surface area contributed by atoms with E-state index in [2.05, 4.69) is 42.2 Å². The predicted octanol–water partition coefficient (Wildman–Crippen LogP) is 7.25. The van der Waals surface area contributed by atoms with E-state index in [9.17, 15) is 19.2 Å². The third-order valence-electron chi connectivity index (χ3n) is 9.74. The van der Waals surface area contributed by atoms with Crippen LogP contribution in [0.2, 0.25) is 10.0 Å². The van der Waals surface area contributed by atoms with E-state index in [1.54, 1.807) is 30.3 Å². The van der Waals surface area contributed by atoms with Crippen LogP contribution in [-0.4, -0.2) is 66.8 Å². The molecule has 0 spiro atoms. The first kappa shape index (κ1) is 41.2. The van der Waals surface area contributed by atoms with Crippen LogP contribution in [0.1, 0.15) is 52.2 Å². The Morgan fingerprint density at radius 2 is 1.49 bits per heavy atom. The third-order valence-corrected chi connectivity index (χ3v) is 10.5. The van der Waals surface area contributed by atoms with E-state index >= 15 is 0 Å². The van der Waals surface area contributed by atoms with Gasteiger partial charge in [-0.15, -0.1) is 0 Å². The van der Waals surface area contributed by atoms with Gasteiger partial charge in [0.05, 0.1) is 6.54 Å². The first-order valence-corrected chi connectivity index (χ1v) is 19.8. The number of fused-ring (bicyclic) bond motifs is 4. The molecule has 0 bridgehead atoms. The molecule has 0 aliphatic heterocycles. The van der Waals surface area contributed by atoms with Crippen LogP contribution in [0.4, 0.5) is 4.79 Å². The maximum atomic E-state index is 14.4. The van der Waals surface area contributed by atoms with Crippen LogP contribution in [0, 0.1) is 0 Å². The molecule has 11 nitrogen and oxygen atoms in total. The number of ether oxygens (including phenoxy) is 1. The van der Waals surface area contributed by atoms with Gasteiger partial charge in [0.2, 0.25) is 5.91 Å². The summed E-state index contributed by atoms with van der Waals surface area (Å²) in [5.41, 5.74) is 11.1. The number of Topliss-reactive ketones (excluding diaryl/α,β-unsaturated/α-hetero) is 1. The van der Waals surface area contributed by atoms with Crippen molar-refractivity contribution in [1.29, 1.82) is 0 Å². The van der Waals surface area contributed by atoms with Crippen LogP contribution in [0.5, 0.6) is 0 Å². The summed E-state index contributed by atoms with van der Waals surface area (Å²) < 4.78 is 5.81. The Hall–Kier alpha value is -5.48. The van der Waals surface area contributed by atoms with Crippen molar-refractivity contribution < 1.29 is 23.9 Å². The summed E-state index contributed by atoms with van der Waals surface area (Å²) in [4.78, 5) is 59.8. The third kappa shape index (κ3) is 10.9. The lowest BCUT2D eigenvalue weighted by Crippen LogP contribution is -2.49. The standard InChI is InChI=1S/C43H43Cl2N6O5P/c44-31-20-27(21-32(45)23-31)25-51(19-17-33(52)24-48-40(53)30-16-15-28-8-1-2-9-29(28)22-30)41(54)39(14-7-18-47-42(46)50-57)49-43(55)56-26-38-36-12-5-3-10-34(36)35-11-4-6-13-37(35)38/h1-6,8-13,15-16,20-23,38-39H,7,14,17-19,24-26,57H2,(H,48,53)(H,49,55)(H3,46,47,50). The lowest BCUT2D eigenvalue weighted by Gasteiger charge is -2.28. The van der Waals surface area contributed by atoms with Crippen LogP contribution in [0.15, 0.2) is 114 Å². The van der Waals surface area contributed by atoms with Crippen molar-refractivity contribution in [1.82, 2.24) is 20.6 Å². The number of nitrogens with two attached hydrogens (primary N) is 1.